The average Bonchev–Trinajstić information content (AvgIpc) is 2.77. The predicted molar refractivity (Wildman–Crippen MR) is 78.7 cm³/mol. The minimum absolute atomic E-state index is 0.149. The summed E-state index contributed by atoms with van der Waals surface area (Å²) in [6.07, 6.45) is 7.42. The zero-order valence-electron chi connectivity index (χ0n) is 11.9. The molecule has 0 aromatic heterocycles. The summed E-state index contributed by atoms with van der Waals surface area (Å²) in [5.74, 6) is -0.607. The summed E-state index contributed by atoms with van der Waals surface area (Å²) in [5.41, 5.74) is 1.06. The van der Waals surface area contributed by atoms with Crippen LogP contribution in [0, 0.1) is 11.8 Å². The van der Waals surface area contributed by atoms with Crippen molar-refractivity contribution >= 4 is 17.9 Å². The number of rotatable bonds is 4. The molecule has 1 aromatic rings. The van der Waals surface area contributed by atoms with Gasteiger partial charge >= 0.3 is 0 Å². The molecule has 2 unspecified atom stereocenters. The number of hydrogen-bond acceptors (Lipinski definition) is 3. The van der Waals surface area contributed by atoms with Crippen molar-refractivity contribution in [2.75, 3.05) is 6.61 Å². The predicted octanol–water partition coefficient (Wildman–Crippen LogP) is 2.81. The van der Waals surface area contributed by atoms with Crippen molar-refractivity contribution in [3.05, 3.63) is 42.0 Å². The minimum atomic E-state index is -0.155. The first-order chi connectivity index (χ1) is 10.3. The number of carbonyl (C=O) groups excluding carboxylic acids is 2. The quantitative estimate of drug-likeness (QED) is 0.799. The van der Waals surface area contributed by atoms with E-state index in [4.69, 9.17) is 4.84 Å². The Labute approximate surface area is 124 Å². The Morgan fingerprint density at radius 1 is 1.05 bits per heavy atom. The van der Waals surface area contributed by atoms with E-state index in [1.165, 1.54) is 0 Å². The molecule has 110 valence electrons. The molecule has 2 amide bonds. The average molecular weight is 285 g/mol. The Morgan fingerprint density at radius 2 is 1.67 bits per heavy atom. The third-order valence-electron chi connectivity index (χ3n) is 4.21. The van der Waals surface area contributed by atoms with Crippen LogP contribution in [0.2, 0.25) is 0 Å². The highest BCUT2D eigenvalue weighted by atomic mass is 16.7. The van der Waals surface area contributed by atoms with Crippen molar-refractivity contribution in [3.63, 3.8) is 0 Å². The second kappa shape index (κ2) is 6.22. The van der Waals surface area contributed by atoms with Gasteiger partial charge in [0.05, 0.1) is 18.4 Å². The van der Waals surface area contributed by atoms with Crippen LogP contribution in [0.4, 0.5) is 0 Å². The van der Waals surface area contributed by atoms with Crippen LogP contribution >= 0.6 is 0 Å². The van der Waals surface area contributed by atoms with E-state index in [0.29, 0.717) is 0 Å². The van der Waals surface area contributed by atoms with Crippen LogP contribution in [-0.4, -0.2) is 23.5 Å². The lowest BCUT2D eigenvalue weighted by molar-refractivity contribution is -0.186. The molecular formula is C17H19NO3. The Balaban J connectivity index is 1.57. The summed E-state index contributed by atoms with van der Waals surface area (Å²) < 4.78 is 0. The Bertz CT molecular complexity index is 528. The maximum atomic E-state index is 12.2. The van der Waals surface area contributed by atoms with Gasteiger partial charge in [-0.05, 0) is 18.4 Å². The summed E-state index contributed by atoms with van der Waals surface area (Å²) >= 11 is 0. The molecule has 2 atom stereocenters. The fraction of sp³-hybridized carbons (Fsp3) is 0.412. The Hall–Kier alpha value is -1.94. The zero-order chi connectivity index (χ0) is 14.7. The second-order valence-corrected chi connectivity index (χ2v) is 5.58. The highest BCUT2D eigenvalue weighted by Crippen LogP contribution is 2.37. The van der Waals surface area contributed by atoms with Crippen LogP contribution in [0.5, 0.6) is 0 Å². The largest absolute Gasteiger partial charge is 0.272 e. The monoisotopic (exact) mass is 285 g/mol. The van der Waals surface area contributed by atoms with Crippen molar-refractivity contribution in [1.29, 1.82) is 0 Å². The molecule has 1 heterocycles. The van der Waals surface area contributed by atoms with E-state index < -0.39 is 0 Å². The molecule has 4 nitrogen and oxygen atoms in total. The number of fused-ring (bicyclic) bond motifs is 1. The molecule has 1 aliphatic heterocycles. The van der Waals surface area contributed by atoms with Crippen LogP contribution in [0.25, 0.3) is 6.08 Å². The van der Waals surface area contributed by atoms with E-state index in [2.05, 4.69) is 0 Å². The third-order valence-corrected chi connectivity index (χ3v) is 4.21. The van der Waals surface area contributed by atoms with Crippen LogP contribution in [-0.2, 0) is 14.4 Å². The van der Waals surface area contributed by atoms with Gasteiger partial charge in [-0.1, -0.05) is 55.3 Å². The van der Waals surface area contributed by atoms with E-state index in [1.54, 1.807) is 0 Å². The van der Waals surface area contributed by atoms with Gasteiger partial charge in [0.15, 0.2) is 0 Å². The first kappa shape index (κ1) is 14.0. The van der Waals surface area contributed by atoms with Crippen molar-refractivity contribution in [3.8, 4) is 0 Å². The number of amides is 2. The van der Waals surface area contributed by atoms with Crippen LogP contribution in [0.15, 0.2) is 36.4 Å². The molecule has 2 fully saturated rings. The molecule has 1 aliphatic carbocycles. The van der Waals surface area contributed by atoms with Gasteiger partial charge in [-0.3, -0.25) is 14.4 Å². The molecule has 0 bridgehead atoms. The molecule has 21 heavy (non-hydrogen) atoms. The van der Waals surface area contributed by atoms with Gasteiger partial charge in [0.2, 0.25) is 0 Å². The lowest BCUT2D eigenvalue weighted by Gasteiger charge is -2.19. The highest BCUT2D eigenvalue weighted by Gasteiger charge is 2.49. The van der Waals surface area contributed by atoms with Crippen molar-refractivity contribution in [1.82, 2.24) is 5.06 Å². The molecule has 0 N–H and O–H groups in total. The van der Waals surface area contributed by atoms with E-state index in [9.17, 15) is 9.59 Å². The fourth-order valence-corrected chi connectivity index (χ4v) is 3.13. The Kier molecular flexibility index (Phi) is 4.15. The molecule has 1 saturated carbocycles. The molecule has 2 aliphatic rings. The normalized spacial score (nSPS) is 25.6. The number of nitrogens with zero attached hydrogens (tertiary/aromatic N) is 1. The SMILES string of the molecule is O=C1C2CCCCC2C(=O)N1OC/C=C/c1ccccc1. The van der Waals surface area contributed by atoms with Crippen molar-refractivity contribution in [2.24, 2.45) is 11.8 Å². The van der Waals surface area contributed by atoms with Gasteiger partial charge in [-0.15, -0.1) is 0 Å². The first-order valence-electron chi connectivity index (χ1n) is 7.49. The minimum Gasteiger partial charge on any atom is -0.272 e. The summed E-state index contributed by atoms with van der Waals surface area (Å²) in [4.78, 5) is 29.7. The number of carbonyl (C=O) groups is 2. The maximum absolute atomic E-state index is 12.2. The van der Waals surface area contributed by atoms with Gasteiger partial charge in [0.1, 0.15) is 0 Å². The molecular weight excluding hydrogens is 266 g/mol. The fourth-order valence-electron chi connectivity index (χ4n) is 3.13. The highest BCUT2D eigenvalue weighted by molar-refractivity contribution is 6.04. The molecule has 1 saturated heterocycles. The van der Waals surface area contributed by atoms with E-state index in [-0.39, 0.29) is 30.3 Å². The second-order valence-electron chi connectivity index (χ2n) is 5.58. The molecule has 3 rings (SSSR count). The standard InChI is InChI=1S/C17H19NO3/c19-16-14-10-4-5-11-15(14)17(20)18(16)21-12-6-9-13-7-2-1-3-8-13/h1-3,6-9,14-15H,4-5,10-12H2/b9-6+. The van der Waals surface area contributed by atoms with Gasteiger partial charge in [-0.2, -0.15) is 5.06 Å². The number of imide groups is 1. The van der Waals surface area contributed by atoms with Crippen LogP contribution in [0.3, 0.4) is 0 Å². The molecule has 4 heteroatoms. The summed E-state index contributed by atoms with van der Waals surface area (Å²) in [6, 6.07) is 9.84. The summed E-state index contributed by atoms with van der Waals surface area (Å²) in [6.45, 7) is 0.228. The van der Waals surface area contributed by atoms with E-state index in [0.717, 1.165) is 36.3 Å². The maximum Gasteiger partial charge on any atom is 0.257 e. The van der Waals surface area contributed by atoms with Gasteiger partial charge in [0.25, 0.3) is 11.8 Å². The van der Waals surface area contributed by atoms with Crippen molar-refractivity contribution < 1.29 is 14.4 Å². The van der Waals surface area contributed by atoms with Crippen LogP contribution in [0.1, 0.15) is 31.2 Å². The van der Waals surface area contributed by atoms with E-state index >= 15 is 0 Å². The molecule has 1 aromatic carbocycles. The molecule has 0 radical (unpaired) electrons. The topological polar surface area (TPSA) is 46.6 Å². The number of benzene rings is 1. The third kappa shape index (κ3) is 2.90. The number of hydroxylamine groups is 2. The lowest BCUT2D eigenvalue weighted by Crippen LogP contribution is -2.31. The van der Waals surface area contributed by atoms with Gasteiger partial charge in [0, 0.05) is 0 Å². The van der Waals surface area contributed by atoms with Crippen LogP contribution < -0.4 is 0 Å². The molecule has 0 spiro atoms. The lowest BCUT2D eigenvalue weighted by atomic mass is 9.81. The first-order valence-corrected chi connectivity index (χ1v) is 7.49. The van der Waals surface area contributed by atoms with Crippen molar-refractivity contribution in [2.45, 2.75) is 25.7 Å². The van der Waals surface area contributed by atoms with E-state index in [1.807, 2.05) is 42.5 Å². The summed E-state index contributed by atoms with van der Waals surface area (Å²) in [7, 11) is 0. The van der Waals surface area contributed by atoms with Gasteiger partial charge in [-0.25, -0.2) is 0 Å². The number of hydrogen-bond donors (Lipinski definition) is 0. The zero-order valence-corrected chi connectivity index (χ0v) is 11.9. The smallest absolute Gasteiger partial charge is 0.257 e. The Morgan fingerprint density at radius 3 is 2.29 bits per heavy atom. The summed E-state index contributed by atoms with van der Waals surface area (Å²) in [5, 5.41) is 0.996. The van der Waals surface area contributed by atoms with Gasteiger partial charge < -0.3 is 0 Å².